The van der Waals surface area contributed by atoms with Crippen LogP contribution in [0.15, 0.2) is 47.5 Å². The third-order valence-electron chi connectivity index (χ3n) is 5.31. The summed E-state index contributed by atoms with van der Waals surface area (Å²) in [6, 6.07) is 9.49. The summed E-state index contributed by atoms with van der Waals surface area (Å²) in [6.45, 7) is 6.28. The lowest BCUT2D eigenvalue weighted by molar-refractivity contribution is -0.149. The molecule has 0 spiro atoms. The average molecular weight is 476 g/mol. The van der Waals surface area contributed by atoms with E-state index < -0.39 is 18.1 Å². The standard InChI is InChI=1S/C24H28F3N5O2/c1-14(2)19-13-17(22(34)32-23-28-10-5-11-29-23)8-9-20(19)31-18-7-4-6-16(12-18)21(33)30-15(3)24(25,26)27/h4,6-9,12-15,31H,5,10-11H2,1-3H3,(H,30,33)(H2,28,29,32,34). The van der Waals surface area contributed by atoms with E-state index in [1.54, 1.807) is 30.3 Å². The van der Waals surface area contributed by atoms with Crippen molar-refractivity contribution in [2.75, 3.05) is 18.4 Å². The molecule has 0 radical (unpaired) electrons. The molecule has 1 unspecified atom stereocenters. The number of benzene rings is 2. The maximum atomic E-state index is 12.8. The van der Waals surface area contributed by atoms with Crippen LogP contribution in [-0.4, -0.2) is 43.1 Å². The summed E-state index contributed by atoms with van der Waals surface area (Å²) in [5.41, 5.74) is 2.70. The zero-order valence-electron chi connectivity index (χ0n) is 19.2. The molecule has 1 atom stereocenters. The topological polar surface area (TPSA) is 94.6 Å². The highest BCUT2D eigenvalue weighted by Crippen LogP contribution is 2.29. The number of nitrogens with one attached hydrogen (secondary N) is 4. The molecule has 3 rings (SSSR count). The predicted octanol–water partition coefficient (Wildman–Crippen LogP) is 4.31. The van der Waals surface area contributed by atoms with E-state index in [0.717, 1.165) is 31.1 Å². The van der Waals surface area contributed by atoms with Crippen LogP contribution in [0.1, 0.15) is 59.4 Å². The number of nitrogens with zero attached hydrogens (tertiary/aromatic N) is 1. The number of anilines is 2. The first-order valence-electron chi connectivity index (χ1n) is 11.0. The third kappa shape index (κ3) is 6.49. The summed E-state index contributed by atoms with van der Waals surface area (Å²) >= 11 is 0. The zero-order chi connectivity index (χ0) is 24.9. The van der Waals surface area contributed by atoms with Gasteiger partial charge in [-0.25, -0.2) is 0 Å². The van der Waals surface area contributed by atoms with Crippen molar-refractivity contribution in [2.24, 2.45) is 4.99 Å². The Labute approximate surface area is 196 Å². The highest BCUT2D eigenvalue weighted by molar-refractivity contribution is 6.06. The summed E-state index contributed by atoms with van der Waals surface area (Å²) in [5.74, 6) is -0.568. The van der Waals surface area contributed by atoms with Crippen molar-refractivity contribution < 1.29 is 22.8 Å². The second-order valence-electron chi connectivity index (χ2n) is 8.36. The second-order valence-corrected chi connectivity index (χ2v) is 8.36. The van der Waals surface area contributed by atoms with E-state index in [4.69, 9.17) is 0 Å². The Kier molecular flexibility index (Phi) is 7.80. The van der Waals surface area contributed by atoms with Crippen LogP contribution >= 0.6 is 0 Å². The molecule has 182 valence electrons. The maximum Gasteiger partial charge on any atom is 0.408 e. The van der Waals surface area contributed by atoms with E-state index >= 15 is 0 Å². The molecule has 2 aromatic rings. The summed E-state index contributed by atoms with van der Waals surface area (Å²) in [7, 11) is 0. The fourth-order valence-corrected chi connectivity index (χ4v) is 3.35. The molecule has 0 bridgehead atoms. The fraction of sp³-hybridized carbons (Fsp3) is 0.375. The summed E-state index contributed by atoms with van der Waals surface area (Å²) in [5, 5.41) is 11.0. The largest absolute Gasteiger partial charge is 0.408 e. The molecule has 1 heterocycles. The highest BCUT2D eigenvalue weighted by Gasteiger charge is 2.37. The van der Waals surface area contributed by atoms with Crippen molar-refractivity contribution in [2.45, 2.75) is 45.3 Å². The van der Waals surface area contributed by atoms with E-state index in [1.165, 1.54) is 12.1 Å². The van der Waals surface area contributed by atoms with Crippen molar-refractivity contribution >= 4 is 29.1 Å². The van der Waals surface area contributed by atoms with Gasteiger partial charge in [0.1, 0.15) is 6.04 Å². The number of hydrogen-bond acceptors (Lipinski definition) is 5. The Morgan fingerprint density at radius 3 is 2.41 bits per heavy atom. The first-order chi connectivity index (χ1) is 16.0. The van der Waals surface area contributed by atoms with Gasteiger partial charge in [0.15, 0.2) is 5.96 Å². The van der Waals surface area contributed by atoms with Crippen LogP contribution in [-0.2, 0) is 0 Å². The van der Waals surface area contributed by atoms with Gasteiger partial charge in [0.25, 0.3) is 11.8 Å². The Hall–Kier alpha value is -3.56. The molecular formula is C24H28F3N5O2. The van der Waals surface area contributed by atoms with Crippen molar-refractivity contribution in [3.8, 4) is 0 Å². The van der Waals surface area contributed by atoms with Gasteiger partial charge in [0, 0.05) is 35.6 Å². The van der Waals surface area contributed by atoms with Crippen molar-refractivity contribution in [3.05, 3.63) is 59.2 Å². The van der Waals surface area contributed by atoms with Gasteiger partial charge in [0.2, 0.25) is 0 Å². The summed E-state index contributed by atoms with van der Waals surface area (Å²) in [6.07, 6.45) is -3.60. The minimum absolute atomic E-state index is 0.0690. The van der Waals surface area contributed by atoms with Crippen LogP contribution in [0.5, 0.6) is 0 Å². The first kappa shape index (κ1) is 25.1. The number of guanidine groups is 1. The maximum absolute atomic E-state index is 12.8. The highest BCUT2D eigenvalue weighted by atomic mass is 19.4. The second kappa shape index (κ2) is 10.6. The summed E-state index contributed by atoms with van der Waals surface area (Å²) in [4.78, 5) is 29.2. The Morgan fingerprint density at radius 2 is 1.76 bits per heavy atom. The van der Waals surface area contributed by atoms with Crippen molar-refractivity contribution in [1.29, 1.82) is 0 Å². The smallest absolute Gasteiger partial charge is 0.356 e. The number of alkyl halides is 3. The molecule has 1 aliphatic heterocycles. The van der Waals surface area contributed by atoms with Gasteiger partial charge in [-0.3, -0.25) is 19.9 Å². The molecule has 1 aliphatic rings. The molecular weight excluding hydrogens is 447 g/mol. The number of halogens is 3. The van der Waals surface area contributed by atoms with Gasteiger partial charge in [-0.05, 0) is 61.2 Å². The molecule has 4 N–H and O–H groups in total. The molecule has 0 aromatic heterocycles. The van der Waals surface area contributed by atoms with Crippen LogP contribution < -0.4 is 21.3 Å². The Balaban J connectivity index is 1.77. The van der Waals surface area contributed by atoms with Gasteiger partial charge in [0.05, 0.1) is 0 Å². The number of rotatable bonds is 6. The lowest BCUT2D eigenvalue weighted by Crippen LogP contribution is -2.43. The number of carbonyl (C=O) groups excluding carboxylic acids is 2. The molecule has 7 nitrogen and oxygen atoms in total. The van der Waals surface area contributed by atoms with Gasteiger partial charge in [-0.15, -0.1) is 0 Å². The van der Waals surface area contributed by atoms with E-state index in [1.807, 2.05) is 19.2 Å². The number of aliphatic imine (C=N–C) groups is 1. The predicted molar refractivity (Wildman–Crippen MR) is 126 cm³/mol. The van der Waals surface area contributed by atoms with Crippen molar-refractivity contribution in [1.82, 2.24) is 16.0 Å². The zero-order valence-corrected chi connectivity index (χ0v) is 19.2. The number of hydrogen-bond donors (Lipinski definition) is 4. The van der Waals surface area contributed by atoms with E-state index in [9.17, 15) is 22.8 Å². The minimum atomic E-state index is -4.52. The molecule has 0 saturated carbocycles. The van der Waals surface area contributed by atoms with E-state index in [-0.39, 0.29) is 17.4 Å². The van der Waals surface area contributed by atoms with Gasteiger partial charge >= 0.3 is 6.18 Å². The molecule has 2 aromatic carbocycles. The molecule has 0 saturated heterocycles. The van der Waals surface area contributed by atoms with Crippen molar-refractivity contribution in [3.63, 3.8) is 0 Å². The molecule has 10 heteroatoms. The molecule has 0 aliphatic carbocycles. The quantitative estimate of drug-likeness (QED) is 0.501. The molecule has 0 fully saturated rings. The van der Waals surface area contributed by atoms with E-state index in [2.05, 4.69) is 20.9 Å². The van der Waals surface area contributed by atoms with Crippen LogP contribution in [0.4, 0.5) is 24.5 Å². The Bertz CT molecular complexity index is 1080. The van der Waals surface area contributed by atoms with E-state index in [0.29, 0.717) is 23.8 Å². The summed E-state index contributed by atoms with van der Waals surface area (Å²) < 4.78 is 38.3. The number of amides is 2. The first-order valence-corrected chi connectivity index (χ1v) is 11.0. The van der Waals surface area contributed by atoms with Gasteiger partial charge < -0.3 is 16.0 Å². The van der Waals surface area contributed by atoms with Crippen LogP contribution in [0, 0.1) is 0 Å². The average Bonchev–Trinajstić information content (AvgIpc) is 2.79. The molecule has 34 heavy (non-hydrogen) atoms. The number of carbonyl (C=O) groups is 2. The lowest BCUT2D eigenvalue weighted by atomic mass is 9.98. The van der Waals surface area contributed by atoms with Gasteiger partial charge in [-0.2, -0.15) is 13.2 Å². The SMILES string of the molecule is CC(C)c1cc(C(=O)NC2=NCCCN2)ccc1Nc1cccc(C(=O)NC(C)C(F)(F)F)c1. The monoisotopic (exact) mass is 475 g/mol. The fourth-order valence-electron chi connectivity index (χ4n) is 3.35. The van der Waals surface area contributed by atoms with Gasteiger partial charge in [-0.1, -0.05) is 19.9 Å². The normalized spacial score (nSPS) is 14.6. The van der Waals surface area contributed by atoms with Crippen LogP contribution in [0.2, 0.25) is 0 Å². The van der Waals surface area contributed by atoms with Crippen LogP contribution in [0.3, 0.4) is 0 Å². The Morgan fingerprint density at radius 1 is 1.03 bits per heavy atom. The lowest BCUT2D eigenvalue weighted by Gasteiger charge is -2.19. The minimum Gasteiger partial charge on any atom is -0.356 e. The molecule has 2 amide bonds. The van der Waals surface area contributed by atoms with Crippen LogP contribution in [0.25, 0.3) is 0 Å². The third-order valence-corrected chi connectivity index (χ3v) is 5.31.